The summed E-state index contributed by atoms with van der Waals surface area (Å²) in [4.78, 5) is 16.2. The van der Waals surface area contributed by atoms with Gasteiger partial charge in [-0.3, -0.25) is 9.69 Å². The quantitative estimate of drug-likeness (QED) is 0.551. The highest BCUT2D eigenvalue weighted by molar-refractivity contribution is 7.89. The molecule has 2 aromatic rings. The van der Waals surface area contributed by atoms with Gasteiger partial charge in [0.05, 0.1) is 4.90 Å². The van der Waals surface area contributed by atoms with Gasteiger partial charge in [0.1, 0.15) is 12.4 Å². The van der Waals surface area contributed by atoms with E-state index in [1.807, 2.05) is 18.2 Å². The lowest BCUT2D eigenvalue weighted by Crippen LogP contribution is -2.49. The Hall–Kier alpha value is -2.46. The minimum Gasteiger partial charge on any atom is -0.492 e. The molecule has 0 aliphatic carbocycles. The molecule has 184 valence electrons. The van der Waals surface area contributed by atoms with Crippen molar-refractivity contribution in [3.05, 3.63) is 60.2 Å². The van der Waals surface area contributed by atoms with E-state index in [9.17, 15) is 13.2 Å². The van der Waals surface area contributed by atoms with Crippen LogP contribution in [0.4, 0.5) is 0 Å². The molecule has 2 aliphatic rings. The fraction of sp³-hybridized carbons (Fsp3) is 0.480. The van der Waals surface area contributed by atoms with E-state index < -0.39 is 10.0 Å². The van der Waals surface area contributed by atoms with Crippen molar-refractivity contribution in [2.75, 3.05) is 52.9 Å². The van der Waals surface area contributed by atoms with Gasteiger partial charge in [-0.15, -0.1) is 0 Å². The second-order valence-electron chi connectivity index (χ2n) is 9.05. The molecule has 2 aromatic carbocycles. The number of benzene rings is 2. The Labute approximate surface area is 202 Å². The number of amides is 1. The van der Waals surface area contributed by atoms with Crippen molar-refractivity contribution >= 4 is 15.9 Å². The lowest BCUT2D eigenvalue weighted by atomic mass is 10.1. The first kappa shape index (κ1) is 24.7. The highest BCUT2D eigenvalue weighted by Gasteiger charge is 2.28. The number of ether oxygens (including phenoxy) is 1. The Morgan fingerprint density at radius 2 is 1.82 bits per heavy atom. The Morgan fingerprint density at radius 1 is 1.06 bits per heavy atom. The van der Waals surface area contributed by atoms with Crippen LogP contribution in [0.2, 0.25) is 0 Å². The Kier molecular flexibility index (Phi) is 8.20. The van der Waals surface area contributed by atoms with Gasteiger partial charge in [-0.1, -0.05) is 30.3 Å². The molecule has 2 saturated heterocycles. The average Bonchev–Trinajstić information content (AvgIpc) is 3.24. The van der Waals surface area contributed by atoms with Gasteiger partial charge >= 0.3 is 0 Å². The fourth-order valence-electron chi connectivity index (χ4n) is 4.53. The summed E-state index contributed by atoms with van der Waals surface area (Å²) in [6, 6.07) is 17.0. The van der Waals surface area contributed by atoms with Crippen LogP contribution in [0.1, 0.15) is 18.4 Å². The van der Waals surface area contributed by atoms with Crippen LogP contribution in [-0.2, 0) is 21.4 Å². The summed E-state index contributed by atoms with van der Waals surface area (Å²) in [7, 11) is -1.36. The van der Waals surface area contributed by atoms with Crippen LogP contribution < -0.4 is 10.1 Å². The lowest BCUT2D eigenvalue weighted by Gasteiger charge is -2.33. The Bertz CT molecular complexity index is 1060. The number of nitrogens with zero attached hydrogens (tertiary/aromatic N) is 3. The molecule has 1 atom stereocenters. The van der Waals surface area contributed by atoms with Crippen LogP contribution in [0.5, 0.6) is 5.75 Å². The van der Waals surface area contributed by atoms with Crippen LogP contribution in [0.3, 0.4) is 0 Å². The average molecular weight is 487 g/mol. The summed E-state index contributed by atoms with van der Waals surface area (Å²) in [6.07, 6.45) is 1.53. The Morgan fingerprint density at radius 3 is 2.53 bits per heavy atom. The predicted molar refractivity (Wildman–Crippen MR) is 131 cm³/mol. The van der Waals surface area contributed by atoms with Crippen LogP contribution in [0.15, 0.2) is 59.5 Å². The molecule has 1 unspecified atom stereocenters. The molecule has 0 bridgehead atoms. The smallest absolute Gasteiger partial charge is 0.243 e. The SMILES string of the molecule is CN(Cc1cccc(OCCN2CCN(S(=O)(=O)c3ccccc3)CC2)c1)CC1CCC(=O)N1. The second-order valence-corrected chi connectivity index (χ2v) is 11.0. The number of carbonyl (C=O) groups excluding carboxylic acids is 1. The van der Waals surface area contributed by atoms with Crippen molar-refractivity contribution in [1.82, 2.24) is 19.4 Å². The molecule has 1 amide bonds. The van der Waals surface area contributed by atoms with E-state index in [4.69, 9.17) is 4.74 Å². The highest BCUT2D eigenvalue weighted by Crippen LogP contribution is 2.18. The first-order chi connectivity index (χ1) is 16.4. The number of carbonyl (C=O) groups is 1. The van der Waals surface area contributed by atoms with Crippen molar-refractivity contribution in [3.8, 4) is 5.75 Å². The third kappa shape index (κ3) is 6.56. The van der Waals surface area contributed by atoms with E-state index in [2.05, 4.69) is 34.3 Å². The minimum absolute atomic E-state index is 0.146. The maximum atomic E-state index is 12.8. The number of hydrogen-bond donors (Lipinski definition) is 1. The van der Waals surface area contributed by atoms with Gasteiger partial charge in [0, 0.05) is 58.3 Å². The van der Waals surface area contributed by atoms with Gasteiger partial charge in [0.15, 0.2) is 0 Å². The number of rotatable bonds is 10. The second kappa shape index (κ2) is 11.3. The lowest BCUT2D eigenvalue weighted by molar-refractivity contribution is -0.119. The van der Waals surface area contributed by atoms with E-state index in [0.717, 1.165) is 31.8 Å². The first-order valence-electron chi connectivity index (χ1n) is 11.9. The summed E-state index contributed by atoms with van der Waals surface area (Å²) in [6.45, 7) is 5.30. The van der Waals surface area contributed by atoms with E-state index in [-0.39, 0.29) is 11.9 Å². The summed E-state index contributed by atoms with van der Waals surface area (Å²) in [5.74, 6) is 0.985. The molecular formula is C25H34N4O4S. The van der Waals surface area contributed by atoms with Crippen molar-refractivity contribution in [2.45, 2.75) is 30.3 Å². The van der Waals surface area contributed by atoms with Crippen molar-refractivity contribution in [1.29, 1.82) is 0 Å². The maximum Gasteiger partial charge on any atom is 0.243 e. The monoisotopic (exact) mass is 486 g/mol. The minimum atomic E-state index is -3.42. The highest BCUT2D eigenvalue weighted by atomic mass is 32.2. The summed E-state index contributed by atoms with van der Waals surface area (Å²) in [5, 5.41) is 3.01. The van der Waals surface area contributed by atoms with Crippen molar-refractivity contribution in [2.24, 2.45) is 0 Å². The first-order valence-corrected chi connectivity index (χ1v) is 13.3. The number of hydrogen-bond acceptors (Lipinski definition) is 6. The summed E-state index contributed by atoms with van der Waals surface area (Å²) < 4.78 is 33.1. The van der Waals surface area contributed by atoms with Gasteiger partial charge in [0.25, 0.3) is 0 Å². The maximum absolute atomic E-state index is 12.8. The van der Waals surface area contributed by atoms with E-state index >= 15 is 0 Å². The van der Waals surface area contributed by atoms with Crippen LogP contribution in [0, 0.1) is 0 Å². The molecule has 4 rings (SSSR count). The van der Waals surface area contributed by atoms with E-state index in [1.165, 1.54) is 5.56 Å². The number of nitrogens with one attached hydrogen (secondary N) is 1. The number of likely N-dealkylation sites (N-methyl/N-ethyl adjacent to an activating group) is 1. The van der Waals surface area contributed by atoms with Crippen LogP contribution in [-0.4, -0.2) is 87.4 Å². The predicted octanol–water partition coefficient (Wildman–Crippen LogP) is 1.78. The third-order valence-corrected chi connectivity index (χ3v) is 8.27. The fourth-order valence-corrected chi connectivity index (χ4v) is 5.97. The van der Waals surface area contributed by atoms with E-state index in [0.29, 0.717) is 44.1 Å². The molecule has 2 aliphatic heterocycles. The van der Waals surface area contributed by atoms with Crippen LogP contribution >= 0.6 is 0 Å². The number of sulfonamides is 1. The van der Waals surface area contributed by atoms with E-state index in [1.54, 1.807) is 28.6 Å². The van der Waals surface area contributed by atoms with Crippen molar-refractivity contribution in [3.63, 3.8) is 0 Å². The molecule has 0 spiro atoms. The standard InChI is InChI=1S/C25H34N4O4S/c1-27(20-22-10-11-25(30)26-22)19-21-6-5-7-23(18-21)33-17-16-28-12-14-29(15-13-28)34(31,32)24-8-3-2-4-9-24/h2-9,18,22H,10-17,19-20H2,1H3,(H,26,30). The molecule has 2 fully saturated rings. The van der Waals surface area contributed by atoms with Gasteiger partial charge in [0.2, 0.25) is 15.9 Å². The van der Waals surface area contributed by atoms with Crippen molar-refractivity contribution < 1.29 is 17.9 Å². The molecule has 0 aromatic heterocycles. The van der Waals surface area contributed by atoms with Gasteiger partial charge < -0.3 is 15.0 Å². The molecular weight excluding hydrogens is 452 g/mol. The molecule has 0 radical (unpaired) electrons. The largest absolute Gasteiger partial charge is 0.492 e. The summed E-state index contributed by atoms with van der Waals surface area (Å²) in [5.41, 5.74) is 1.17. The Balaban J connectivity index is 1.19. The molecule has 2 heterocycles. The zero-order valence-electron chi connectivity index (χ0n) is 19.7. The zero-order valence-corrected chi connectivity index (χ0v) is 20.5. The third-order valence-electron chi connectivity index (χ3n) is 6.36. The zero-order chi connectivity index (χ0) is 24.0. The van der Waals surface area contributed by atoms with Gasteiger partial charge in [-0.2, -0.15) is 4.31 Å². The summed E-state index contributed by atoms with van der Waals surface area (Å²) >= 11 is 0. The molecule has 0 saturated carbocycles. The van der Waals surface area contributed by atoms with Gasteiger partial charge in [-0.05, 0) is 43.3 Å². The van der Waals surface area contributed by atoms with Crippen LogP contribution in [0.25, 0.3) is 0 Å². The molecule has 1 N–H and O–H groups in total. The normalized spacial score (nSPS) is 19.9. The molecule has 34 heavy (non-hydrogen) atoms. The molecule has 8 nitrogen and oxygen atoms in total. The topological polar surface area (TPSA) is 82.2 Å². The number of piperazine rings is 1. The van der Waals surface area contributed by atoms with Gasteiger partial charge in [-0.25, -0.2) is 8.42 Å². The molecule has 9 heteroatoms.